The van der Waals surface area contributed by atoms with Crippen LogP contribution in [0.1, 0.15) is 22.3 Å². The average Bonchev–Trinajstić information content (AvgIpc) is 2.77. The van der Waals surface area contributed by atoms with Crippen molar-refractivity contribution in [2.45, 2.75) is 19.1 Å². The molecule has 0 unspecified atom stereocenters. The van der Waals surface area contributed by atoms with Gasteiger partial charge in [0.05, 0.1) is 12.0 Å². The number of carbonyl (C=O) groups excluding carboxylic acids is 2. The van der Waals surface area contributed by atoms with Crippen molar-refractivity contribution < 1.29 is 27.9 Å². The highest BCUT2D eigenvalue weighted by Crippen LogP contribution is 2.21. The van der Waals surface area contributed by atoms with Gasteiger partial charge in [-0.3, -0.25) is 14.5 Å². The lowest BCUT2D eigenvalue weighted by molar-refractivity contribution is -0.132. The molecule has 1 fully saturated rings. The number of hydrazone groups is 1. The van der Waals surface area contributed by atoms with E-state index >= 15 is 0 Å². The maximum Gasteiger partial charge on any atom is 0.431 e. The smallest absolute Gasteiger partial charge is 0.431 e. The summed E-state index contributed by atoms with van der Waals surface area (Å²) in [5.41, 5.74) is 1.28. The molecule has 1 heterocycles. The fourth-order valence-corrected chi connectivity index (χ4v) is 3.30. The van der Waals surface area contributed by atoms with E-state index in [0.29, 0.717) is 32.7 Å². The van der Waals surface area contributed by atoms with Crippen LogP contribution in [-0.2, 0) is 11.3 Å². The summed E-state index contributed by atoms with van der Waals surface area (Å²) in [5.74, 6) is -2.11. The molecule has 10 heteroatoms. The minimum atomic E-state index is -4.89. The van der Waals surface area contributed by atoms with Gasteiger partial charge >= 0.3 is 6.18 Å². The van der Waals surface area contributed by atoms with E-state index in [1.165, 1.54) is 29.2 Å². The van der Waals surface area contributed by atoms with Crippen LogP contribution in [0.5, 0.6) is 5.75 Å². The highest BCUT2D eigenvalue weighted by Gasteiger charge is 2.38. The Labute approximate surface area is 183 Å². The first-order valence-electron chi connectivity index (χ1n) is 10.00. The van der Waals surface area contributed by atoms with Crippen LogP contribution >= 0.6 is 0 Å². The summed E-state index contributed by atoms with van der Waals surface area (Å²) in [4.78, 5) is 28.0. The van der Waals surface area contributed by atoms with Crippen molar-refractivity contribution in [1.29, 1.82) is 0 Å². The van der Waals surface area contributed by atoms with Crippen LogP contribution < -0.4 is 5.43 Å². The number of hydrogen-bond donors (Lipinski definition) is 2. The van der Waals surface area contributed by atoms with Crippen LogP contribution in [0.4, 0.5) is 13.2 Å². The van der Waals surface area contributed by atoms with E-state index in [1.807, 2.05) is 30.3 Å². The Bertz CT molecular complexity index is 972. The van der Waals surface area contributed by atoms with E-state index in [2.05, 4.69) is 10.0 Å². The summed E-state index contributed by atoms with van der Waals surface area (Å²) < 4.78 is 40.1. The summed E-state index contributed by atoms with van der Waals surface area (Å²) in [6.07, 6.45) is -5.87. The second-order valence-corrected chi connectivity index (χ2v) is 7.33. The van der Waals surface area contributed by atoms with Gasteiger partial charge in [0.1, 0.15) is 5.75 Å². The minimum Gasteiger partial charge on any atom is -0.507 e. The van der Waals surface area contributed by atoms with Gasteiger partial charge in [-0.15, -0.1) is 0 Å². The van der Waals surface area contributed by atoms with Crippen molar-refractivity contribution in [3.8, 4) is 5.75 Å². The van der Waals surface area contributed by atoms with Crippen LogP contribution in [-0.4, -0.2) is 64.8 Å². The molecule has 0 aromatic heterocycles. The Kier molecular flexibility index (Phi) is 7.47. The van der Waals surface area contributed by atoms with E-state index in [1.54, 1.807) is 5.43 Å². The topological polar surface area (TPSA) is 85.2 Å². The monoisotopic (exact) mass is 448 g/mol. The quantitative estimate of drug-likeness (QED) is 0.526. The molecular weight excluding hydrogens is 425 g/mol. The van der Waals surface area contributed by atoms with Gasteiger partial charge in [0, 0.05) is 32.7 Å². The number of benzene rings is 2. The van der Waals surface area contributed by atoms with Gasteiger partial charge in [0.2, 0.25) is 5.91 Å². The normalized spacial score (nSPS) is 15.5. The van der Waals surface area contributed by atoms with E-state index in [9.17, 15) is 27.9 Å². The summed E-state index contributed by atoms with van der Waals surface area (Å²) >= 11 is 0. The first kappa shape index (κ1) is 23.3. The molecule has 2 aromatic rings. The molecule has 2 amide bonds. The summed E-state index contributed by atoms with van der Waals surface area (Å²) in [7, 11) is 0. The number of carbonyl (C=O) groups is 2. The third-order valence-electron chi connectivity index (χ3n) is 5.06. The molecule has 0 atom stereocenters. The fourth-order valence-electron chi connectivity index (χ4n) is 3.30. The average molecular weight is 448 g/mol. The van der Waals surface area contributed by atoms with Crippen LogP contribution in [0.25, 0.3) is 0 Å². The van der Waals surface area contributed by atoms with Crippen LogP contribution in [0, 0.1) is 0 Å². The number of phenols is 1. The van der Waals surface area contributed by atoms with Crippen molar-refractivity contribution in [3.05, 3.63) is 65.7 Å². The standard InChI is InChI=1S/C22H23F3N4O3/c23-22(24,25)19(26-27-21(32)17-8-4-5-9-18(17)30)14-20(31)29-12-10-28(11-13-29)15-16-6-2-1-3-7-16/h1-9,30H,10-15H2,(H,27,32)/b26-19+. The second-order valence-electron chi connectivity index (χ2n) is 7.33. The van der Waals surface area contributed by atoms with E-state index < -0.39 is 35.9 Å². The largest absolute Gasteiger partial charge is 0.507 e. The number of rotatable bonds is 6. The maximum absolute atomic E-state index is 13.4. The molecular formula is C22H23F3N4O3. The molecule has 0 spiro atoms. The number of piperazine rings is 1. The Hall–Kier alpha value is -3.40. The van der Waals surface area contributed by atoms with Gasteiger partial charge in [-0.2, -0.15) is 18.3 Å². The number of aromatic hydroxyl groups is 1. The van der Waals surface area contributed by atoms with Gasteiger partial charge in [-0.05, 0) is 17.7 Å². The Morgan fingerprint density at radius 3 is 2.22 bits per heavy atom. The van der Waals surface area contributed by atoms with Crippen molar-refractivity contribution >= 4 is 17.5 Å². The Balaban J connectivity index is 1.57. The lowest BCUT2D eigenvalue weighted by atomic mass is 10.2. The molecule has 0 aliphatic carbocycles. The van der Waals surface area contributed by atoms with Gasteiger partial charge in [-0.1, -0.05) is 42.5 Å². The Morgan fingerprint density at radius 2 is 1.59 bits per heavy atom. The van der Waals surface area contributed by atoms with E-state index in [4.69, 9.17) is 0 Å². The molecule has 0 radical (unpaired) electrons. The van der Waals surface area contributed by atoms with Crippen molar-refractivity contribution in [3.63, 3.8) is 0 Å². The van der Waals surface area contributed by atoms with Crippen molar-refractivity contribution in [2.75, 3.05) is 26.2 Å². The predicted octanol–water partition coefficient (Wildman–Crippen LogP) is 2.77. The molecule has 2 N–H and O–H groups in total. The number of nitrogens with one attached hydrogen (secondary N) is 1. The molecule has 7 nitrogen and oxygen atoms in total. The summed E-state index contributed by atoms with van der Waals surface area (Å²) in [6.45, 7) is 2.41. The van der Waals surface area contributed by atoms with Gasteiger partial charge in [0.25, 0.3) is 5.91 Å². The molecule has 1 aliphatic heterocycles. The lowest BCUT2D eigenvalue weighted by Crippen LogP contribution is -2.49. The molecule has 32 heavy (non-hydrogen) atoms. The van der Waals surface area contributed by atoms with Crippen molar-refractivity contribution in [2.24, 2.45) is 5.10 Å². The van der Waals surface area contributed by atoms with E-state index in [-0.39, 0.29) is 5.56 Å². The molecule has 0 bridgehead atoms. The van der Waals surface area contributed by atoms with Gasteiger partial charge in [-0.25, -0.2) is 5.43 Å². The first-order valence-corrected chi connectivity index (χ1v) is 10.00. The zero-order valence-corrected chi connectivity index (χ0v) is 17.2. The second kappa shape index (κ2) is 10.3. The van der Waals surface area contributed by atoms with E-state index in [0.717, 1.165) is 5.56 Å². The van der Waals surface area contributed by atoms with Crippen LogP contribution in [0.2, 0.25) is 0 Å². The molecule has 1 saturated heterocycles. The van der Waals surface area contributed by atoms with Gasteiger partial charge in [0.15, 0.2) is 5.71 Å². The number of phenolic OH excluding ortho intramolecular Hbond substituents is 1. The van der Waals surface area contributed by atoms with Crippen LogP contribution in [0.3, 0.4) is 0 Å². The highest BCUT2D eigenvalue weighted by atomic mass is 19.4. The number of hydrogen-bond acceptors (Lipinski definition) is 5. The molecule has 0 saturated carbocycles. The Morgan fingerprint density at radius 1 is 0.969 bits per heavy atom. The number of nitrogens with zero attached hydrogens (tertiary/aromatic N) is 3. The molecule has 1 aliphatic rings. The maximum atomic E-state index is 13.4. The predicted molar refractivity (Wildman–Crippen MR) is 112 cm³/mol. The van der Waals surface area contributed by atoms with Crippen molar-refractivity contribution in [1.82, 2.24) is 15.2 Å². The molecule has 170 valence electrons. The van der Waals surface area contributed by atoms with Gasteiger partial charge < -0.3 is 10.0 Å². The summed E-state index contributed by atoms with van der Waals surface area (Å²) in [6, 6.07) is 15.2. The fraction of sp³-hybridized carbons (Fsp3) is 0.318. The number of alkyl halides is 3. The molecule has 2 aromatic carbocycles. The SMILES string of the molecule is O=C(N/N=C(\CC(=O)N1CCN(Cc2ccccc2)CC1)C(F)(F)F)c1ccccc1O. The number of halogens is 3. The number of amides is 2. The van der Waals surface area contributed by atoms with Crippen LogP contribution in [0.15, 0.2) is 59.7 Å². The minimum absolute atomic E-state index is 0.223. The molecule has 3 rings (SSSR count). The third kappa shape index (κ3) is 6.30. The zero-order valence-electron chi connectivity index (χ0n) is 17.2. The summed E-state index contributed by atoms with van der Waals surface area (Å²) in [5, 5.41) is 12.8. The zero-order chi connectivity index (χ0) is 23.1. The first-order chi connectivity index (χ1) is 15.2. The lowest BCUT2D eigenvalue weighted by Gasteiger charge is -2.35. The third-order valence-corrected chi connectivity index (χ3v) is 5.06. The highest BCUT2D eigenvalue weighted by molar-refractivity contribution is 6.05. The number of para-hydroxylation sites is 1.